The number of hydrogen-bond donors (Lipinski definition) is 1. The van der Waals surface area contributed by atoms with Crippen LogP contribution in [0.2, 0.25) is 0 Å². The Balaban J connectivity index is 1.96. The van der Waals surface area contributed by atoms with Gasteiger partial charge in [-0.05, 0) is 55.6 Å². The average molecular weight is 570 g/mol. The van der Waals surface area contributed by atoms with Crippen molar-refractivity contribution < 1.29 is 31.5 Å². The lowest BCUT2D eigenvalue weighted by Gasteiger charge is -2.37. The first-order chi connectivity index (χ1) is 18.1. The summed E-state index contributed by atoms with van der Waals surface area (Å²) >= 11 is 0. The van der Waals surface area contributed by atoms with Gasteiger partial charge in [0.1, 0.15) is 11.9 Å². The first-order valence-electron chi connectivity index (χ1n) is 12.9. The molecule has 1 aliphatic rings. The van der Waals surface area contributed by atoms with Crippen molar-refractivity contribution in [3.8, 4) is 0 Å². The van der Waals surface area contributed by atoms with E-state index in [1.807, 2.05) is 30.0 Å². The lowest BCUT2D eigenvalue weighted by molar-refractivity contribution is -0.141. The Hall–Kier alpha value is -2.47. The fourth-order valence-electron chi connectivity index (χ4n) is 5.08. The first-order valence-corrected chi connectivity index (χ1v) is 14.5. The summed E-state index contributed by atoms with van der Waals surface area (Å²) < 4.78 is 69.5. The predicted molar refractivity (Wildman–Crippen MR) is 144 cm³/mol. The largest absolute Gasteiger partial charge is 0.480 e. The van der Waals surface area contributed by atoms with Crippen LogP contribution in [0.5, 0.6) is 0 Å². The molecule has 216 valence electrons. The quantitative estimate of drug-likeness (QED) is 0.403. The van der Waals surface area contributed by atoms with E-state index in [0.717, 1.165) is 22.0 Å². The Morgan fingerprint density at radius 1 is 1.08 bits per heavy atom. The van der Waals surface area contributed by atoms with E-state index in [1.165, 1.54) is 0 Å². The van der Waals surface area contributed by atoms with Gasteiger partial charge in [0, 0.05) is 37.8 Å². The number of carboxylic acids is 1. The zero-order valence-electron chi connectivity index (χ0n) is 23.1. The van der Waals surface area contributed by atoms with E-state index in [1.54, 1.807) is 18.2 Å². The molecule has 0 radical (unpaired) electrons. The summed E-state index contributed by atoms with van der Waals surface area (Å²) in [5.41, 5.74) is 0.893. The maximum Gasteiger partial charge on any atom is 0.322 e. The van der Waals surface area contributed by atoms with Crippen LogP contribution >= 0.6 is 0 Å². The zero-order chi connectivity index (χ0) is 29.1. The van der Waals surface area contributed by atoms with Gasteiger partial charge in [0.05, 0.1) is 5.75 Å². The summed E-state index contributed by atoms with van der Waals surface area (Å²) in [5, 5.41) is 9.49. The van der Waals surface area contributed by atoms with E-state index >= 15 is 0 Å². The van der Waals surface area contributed by atoms with Crippen molar-refractivity contribution in [2.45, 2.75) is 65.3 Å². The first kappa shape index (κ1) is 31.1. The number of carboxylic acid groups (broad SMARTS) is 1. The monoisotopic (exact) mass is 569 g/mol. The maximum absolute atomic E-state index is 14.7. The zero-order valence-corrected chi connectivity index (χ0v) is 23.9. The van der Waals surface area contributed by atoms with E-state index in [4.69, 9.17) is 0 Å². The number of nitrogens with zero attached hydrogens (tertiary/aromatic N) is 3. The van der Waals surface area contributed by atoms with Crippen LogP contribution in [0, 0.1) is 22.9 Å². The van der Waals surface area contributed by atoms with E-state index in [2.05, 4.69) is 20.8 Å². The molecule has 11 heteroatoms. The fourth-order valence-corrected chi connectivity index (χ4v) is 6.77. The van der Waals surface area contributed by atoms with Crippen molar-refractivity contribution >= 4 is 16.0 Å². The third kappa shape index (κ3) is 8.26. The van der Waals surface area contributed by atoms with Gasteiger partial charge in [0.2, 0.25) is 10.0 Å². The van der Waals surface area contributed by atoms with Crippen LogP contribution in [0.25, 0.3) is 0 Å². The standard InChI is InChI=1S/C28H38F3N3O4S/c1-28(2,3)14-21(17-32(4)5)33(18-22-23(29)9-10-24(30)26(22)31)15-19-7-6-8-20(13-19)16-34-25(27(35)36)11-12-39(34,37)38/h6-10,13,21,25H,11-12,14-18H2,1-5H3,(H,35,36)/t21-,25?/m0/s1. The van der Waals surface area contributed by atoms with Gasteiger partial charge in [0.15, 0.2) is 11.6 Å². The number of aliphatic carboxylic acids is 1. The molecule has 1 aliphatic heterocycles. The maximum atomic E-state index is 14.7. The molecule has 2 atom stereocenters. The highest BCUT2D eigenvalue weighted by atomic mass is 32.2. The number of likely N-dealkylation sites (N-methyl/N-ethyl adjacent to an activating group) is 1. The molecule has 1 N–H and O–H groups in total. The van der Waals surface area contributed by atoms with Crippen molar-refractivity contribution in [3.63, 3.8) is 0 Å². The van der Waals surface area contributed by atoms with Gasteiger partial charge in [-0.1, -0.05) is 45.0 Å². The van der Waals surface area contributed by atoms with Crippen LogP contribution in [-0.2, 0) is 34.5 Å². The fraction of sp³-hybridized carbons (Fsp3) is 0.536. The van der Waals surface area contributed by atoms with E-state index in [9.17, 15) is 31.5 Å². The summed E-state index contributed by atoms with van der Waals surface area (Å²) in [6.07, 6.45) is 0.713. The number of sulfonamides is 1. The van der Waals surface area contributed by atoms with Crippen LogP contribution in [0.15, 0.2) is 36.4 Å². The number of carbonyl (C=O) groups is 1. The molecule has 0 amide bonds. The van der Waals surface area contributed by atoms with Gasteiger partial charge in [-0.3, -0.25) is 9.69 Å². The number of benzene rings is 2. The molecule has 1 saturated heterocycles. The van der Waals surface area contributed by atoms with Gasteiger partial charge >= 0.3 is 5.97 Å². The summed E-state index contributed by atoms with van der Waals surface area (Å²) in [6.45, 7) is 6.81. The van der Waals surface area contributed by atoms with Crippen LogP contribution in [0.3, 0.4) is 0 Å². The van der Waals surface area contributed by atoms with E-state index in [0.29, 0.717) is 18.5 Å². The molecular formula is C28H38F3N3O4S. The second-order valence-corrected chi connectivity index (χ2v) is 13.8. The molecule has 1 heterocycles. The third-order valence-corrected chi connectivity index (χ3v) is 8.64. The van der Waals surface area contributed by atoms with Gasteiger partial charge < -0.3 is 10.0 Å². The average Bonchev–Trinajstić information content (AvgIpc) is 3.11. The Kier molecular flexibility index (Phi) is 9.85. The smallest absolute Gasteiger partial charge is 0.322 e. The molecule has 0 aromatic heterocycles. The molecule has 1 unspecified atom stereocenters. The Morgan fingerprint density at radius 2 is 1.72 bits per heavy atom. The summed E-state index contributed by atoms with van der Waals surface area (Å²) in [6, 6.07) is 7.49. The van der Waals surface area contributed by atoms with Gasteiger partial charge in [-0.2, -0.15) is 4.31 Å². The van der Waals surface area contributed by atoms with Gasteiger partial charge in [-0.25, -0.2) is 21.6 Å². The molecule has 7 nitrogen and oxygen atoms in total. The molecular weight excluding hydrogens is 531 g/mol. The predicted octanol–water partition coefficient (Wildman–Crippen LogP) is 4.46. The van der Waals surface area contributed by atoms with E-state index in [-0.39, 0.29) is 48.8 Å². The summed E-state index contributed by atoms with van der Waals surface area (Å²) in [4.78, 5) is 15.5. The minimum Gasteiger partial charge on any atom is -0.480 e. The second-order valence-electron chi connectivity index (χ2n) is 11.7. The Labute approximate surface area is 229 Å². The highest BCUT2D eigenvalue weighted by molar-refractivity contribution is 7.89. The molecule has 1 fully saturated rings. The minimum atomic E-state index is -3.70. The van der Waals surface area contributed by atoms with Crippen LogP contribution in [0.4, 0.5) is 13.2 Å². The Morgan fingerprint density at radius 3 is 2.33 bits per heavy atom. The van der Waals surface area contributed by atoms with Gasteiger partial charge in [0.25, 0.3) is 0 Å². The second kappa shape index (κ2) is 12.4. The van der Waals surface area contributed by atoms with Gasteiger partial charge in [-0.15, -0.1) is 0 Å². The number of halogens is 3. The van der Waals surface area contributed by atoms with Crippen LogP contribution in [0.1, 0.15) is 50.3 Å². The van der Waals surface area contributed by atoms with Crippen molar-refractivity contribution in [2.24, 2.45) is 5.41 Å². The van der Waals surface area contributed by atoms with Crippen molar-refractivity contribution in [2.75, 3.05) is 26.4 Å². The molecule has 39 heavy (non-hydrogen) atoms. The third-order valence-electron chi connectivity index (χ3n) is 6.80. The molecule has 0 aliphatic carbocycles. The summed E-state index contributed by atoms with van der Waals surface area (Å²) in [5.74, 6) is -4.57. The highest BCUT2D eigenvalue weighted by Gasteiger charge is 2.41. The minimum absolute atomic E-state index is 0.0227. The lowest BCUT2D eigenvalue weighted by Crippen LogP contribution is -2.43. The molecule has 2 aromatic rings. The van der Waals surface area contributed by atoms with Crippen molar-refractivity contribution in [3.05, 3.63) is 70.5 Å². The number of rotatable bonds is 11. The SMILES string of the molecule is CN(C)C[C@H](CC(C)(C)C)N(Cc1cccc(CN2C(C(=O)O)CCS2(=O)=O)c1)Cc1c(F)ccc(F)c1F. The van der Waals surface area contributed by atoms with Crippen LogP contribution < -0.4 is 0 Å². The molecule has 0 spiro atoms. The Bertz CT molecular complexity index is 1280. The molecule has 0 bridgehead atoms. The molecule has 3 rings (SSSR count). The van der Waals surface area contributed by atoms with Crippen molar-refractivity contribution in [1.29, 1.82) is 0 Å². The normalized spacial score (nSPS) is 18.7. The summed E-state index contributed by atoms with van der Waals surface area (Å²) in [7, 11) is 0.121. The molecule has 0 saturated carbocycles. The van der Waals surface area contributed by atoms with Crippen molar-refractivity contribution in [1.82, 2.24) is 14.1 Å². The highest BCUT2D eigenvalue weighted by Crippen LogP contribution is 2.29. The van der Waals surface area contributed by atoms with Crippen LogP contribution in [-0.4, -0.2) is 72.1 Å². The topological polar surface area (TPSA) is 81.2 Å². The molecule has 2 aromatic carbocycles. The number of hydrogen-bond acceptors (Lipinski definition) is 5. The van der Waals surface area contributed by atoms with E-state index < -0.39 is 39.5 Å². The lowest BCUT2D eigenvalue weighted by atomic mass is 9.87.